The van der Waals surface area contributed by atoms with Crippen molar-refractivity contribution in [1.82, 2.24) is 5.32 Å². The van der Waals surface area contributed by atoms with Crippen LogP contribution in [0.1, 0.15) is 31.7 Å². The Bertz CT molecular complexity index is 587. The molecule has 1 aliphatic heterocycles. The minimum atomic E-state index is -0.478. The molecule has 0 radical (unpaired) electrons. The largest absolute Gasteiger partial charge is 0.393 e. The van der Waals surface area contributed by atoms with E-state index in [9.17, 15) is 14.7 Å². The van der Waals surface area contributed by atoms with Gasteiger partial charge in [0, 0.05) is 31.5 Å². The smallest absolute Gasteiger partial charge is 0.243 e. The minimum absolute atomic E-state index is 0.119. The van der Waals surface area contributed by atoms with Crippen LogP contribution in [0.2, 0.25) is 0 Å². The van der Waals surface area contributed by atoms with E-state index in [0.717, 1.165) is 30.5 Å². The quantitative estimate of drug-likeness (QED) is 0.882. The lowest BCUT2D eigenvalue weighted by atomic mass is 10.1. The van der Waals surface area contributed by atoms with Crippen LogP contribution in [-0.4, -0.2) is 35.6 Å². The molecule has 0 saturated heterocycles. The summed E-state index contributed by atoms with van der Waals surface area (Å²) in [6, 6.07) is 7.16. The van der Waals surface area contributed by atoms with E-state index in [-0.39, 0.29) is 23.8 Å². The average Bonchev–Trinajstić information content (AvgIpc) is 3.08. The van der Waals surface area contributed by atoms with E-state index in [4.69, 9.17) is 0 Å². The van der Waals surface area contributed by atoms with Gasteiger partial charge < -0.3 is 10.4 Å². The van der Waals surface area contributed by atoms with Gasteiger partial charge in [-0.25, -0.2) is 0 Å². The highest BCUT2D eigenvalue weighted by atomic mass is 16.3. The number of anilines is 1. The van der Waals surface area contributed by atoms with Crippen molar-refractivity contribution in [2.24, 2.45) is 5.92 Å². The van der Waals surface area contributed by atoms with Gasteiger partial charge in [-0.2, -0.15) is 0 Å². The summed E-state index contributed by atoms with van der Waals surface area (Å²) in [5.74, 6) is -0.116. The molecule has 1 aromatic carbocycles. The summed E-state index contributed by atoms with van der Waals surface area (Å²) in [5.41, 5.74) is 1.86. The van der Waals surface area contributed by atoms with Gasteiger partial charge in [0.15, 0.2) is 0 Å². The monoisotopic (exact) mass is 302 g/mol. The molecule has 1 aliphatic carbocycles. The van der Waals surface area contributed by atoms with E-state index in [2.05, 4.69) is 5.32 Å². The molecule has 2 amide bonds. The zero-order valence-corrected chi connectivity index (χ0v) is 12.8. The Hall–Kier alpha value is -1.88. The van der Waals surface area contributed by atoms with Crippen molar-refractivity contribution >= 4 is 17.5 Å². The van der Waals surface area contributed by atoms with Gasteiger partial charge >= 0.3 is 0 Å². The van der Waals surface area contributed by atoms with Crippen LogP contribution >= 0.6 is 0 Å². The van der Waals surface area contributed by atoms with E-state index in [1.54, 1.807) is 4.90 Å². The van der Waals surface area contributed by atoms with Gasteiger partial charge in [-0.3, -0.25) is 14.5 Å². The number of aliphatic hydroxyl groups excluding tert-OH is 1. The van der Waals surface area contributed by atoms with Gasteiger partial charge in [0.25, 0.3) is 0 Å². The first kappa shape index (κ1) is 15.0. The number of hydrogen-bond donors (Lipinski definition) is 2. The molecule has 2 unspecified atom stereocenters. The van der Waals surface area contributed by atoms with Crippen LogP contribution in [0, 0.1) is 5.92 Å². The summed E-state index contributed by atoms with van der Waals surface area (Å²) in [4.78, 5) is 26.0. The summed E-state index contributed by atoms with van der Waals surface area (Å²) in [5, 5.41) is 12.8. The van der Waals surface area contributed by atoms with E-state index >= 15 is 0 Å². The minimum Gasteiger partial charge on any atom is -0.393 e. The lowest BCUT2D eigenvalue weighted by Gasteiger charge is -2.24. The van der Waals surface area contributed by atoms with Gasteiger partial charge in [0.1, 0.15) is 6.04 Å². The first-order valence-corrected chi connectivity index (χ1v) is 7.91. The first-order chi connectivity index (χ1) is 10.6. The zero-order chi connectivity index (χ0) is 15.7. The first-order valence-electron chi connectivity index (χ1n) is 7.91. The molecule has 0 spiro atoms. The number of nitrogens with zero attached hydrogens (tertiary/aromatic N) is 1. The lowest BCUT2D eigenvalue weighted by molar-refractivity contribution is -0.125. The van der Waals surface area contributed by atoms with Crippen molar-refractivity contribution in [3.05, 3.63) is 29.8 Å². The summed E-state index contributed by atoms with van der Waals surface area (Å²) in [6.45, 7) is 1.97. The number of carbonyl (C=O) groups excluding carboxylic acids is 2. The van der Waals surface area contributed by atoms with Gasteiger partial charge in [-0.1, -0.05) is 24.6 Å². The molecule has 3 rings (SSSR count). The summed E-state index contributed by atoms with van der Waals surface area (Å²) in [6.07, 6.45) is 3.01. The maximum Gasteiger partial charge on any atom is 0.243 e. The molecule has 5 heteroatoms. The van der Waals surface area contributed by atoms with Crippen LogP contribution in [0.4, 0.5) is 5.69 Å². The second-order valence-corrected chi connectivity index (χ2v) is 6.24. The number of para-hydroxylation sites is 1. The normalized spacial score (nSPS) is 26.8. The molecule has 0 bridgehead atoms. The Kier molecular flexibility index (Phi) is 4.16. The predicted octanol–water partition coefficient (Wildman–Crippen LogP) is 1.24. The number of benzene rings is 1. The average molecular weight is 302 g/mol. The molecule has 0 aromatic heterocycles. The van der Waals surface area contributed by atoms with Crippen LogP contribution in [0.15, 0.2) is 24.3 Å². The van der Waals surface area contributed by atoms with Crippen molar-refractivity contribution in [2.75, 3.05) is 11.4 Å². The van der Waals surface area contributed by atoms with E-state index in [0.29, 0.717) is 13.0 Å². The molecule has 1 aromatic rings. The molecule has 2 aliphatic rings. The molecule has 118 valence electrons. The second-order valence-electron chi connectivity index (χ2n) is 6.24. The lowest BCUT2D eigenvalue weighted by Crippen LogP contribution is -2.48. The van der Waals surface area contributed by atoms with Crippen LogP contribution in [0.25, 0.3) is 0 Å². The third-order valence-electron chi connectivity index (χ3n) is 4.78. The van der Waals surface area contributed by atoms with Crippen LogP contribution in [0.3, 0.4) is 0 Å². The molecular formula is C17H22N2O3. The number of aliphatic hydroxyl groups is 1. The number of hydrogen-bond acceptors (Lipinski definition) is 3. The number of rotatable bonds is 3. The summed E-state index contributed by atoms with van der Waals surface area (Å²) in [7, 11) is 0. The molecule has 22 heavy (non-hydrogen) atoms. The van der Waals surface area contributed by atoms with Gasteiger partial charge in [-0.15, -0.1) is 0 Å². The van der Waals surface area contributed by atoms with Crippen molar-refractivity contribution in [2.45, 2.75) is 44.8 Å². The van der Waals surface area contributed by atoms with Crippen LogP contribution in [-0.2, 0) is 16.0 Å². The fraction of sp³-hybridized carbons (Fsp3) is 0.529. The Morgan fingerprint density at radius 2 is 2.09 bits per heavy atom. The Morgan fingerprint density at radius 3 is 2.77 bits per heavy atom. The maximum atomic E-state index is 12.5. The fourth-order valence-electron chi connectivity index (χ4n) is 3.59. The number of carbonyl (C=O) groups is 2. The highest BCUT2D eigenvalue weighted by molar-refractivity contribution is 6.02. The van der Waals surface area contributed by atoms with Crippen molar-refractivity contribution in [3.8, 4) is 0 Å². The molecule has 2 N–H and O–H groups in total. The zero-order valence-electron chi connectivity index (χ0n) is 12.8. The molecule has 5 nitrogen and oxygen atoms in total. The van der Waals surface area contributed by atoms with E-state index in [1.807, 2.05) is 24.3 Å². The van der Waals surface area contributed by atoms with Gasteiger partial charge in [-0.05, 0) is 24.5 Å². The second kappa shape index (κ2) is 6.08. The van der Waals surface area contributed by atoms with Gasteiger partial charge in [0.2, 0.25) is 11.8 Å². The third-order valence-corrected chi connectivity index (χ3v) is 4.78. The molecule has 1 saturated carbocycles. The Morgan fingerprint density at radius 1 is 1.32 bits per heavy atom. The van der Waals surface area contributed by atoms with Crippen molar-refractivity contribution in [3.63, 3.8) is 0 Å². The molecule has 1 fully saturated rings. The molecular weight excluding hydrogens is 280 g/mol. The van der Waals surface area contributed by atoms with Crippen molar-refractivity contribution < 1.29 is 14.7 Å². The molecule has 3 atom stereocenters. The standard InChI is InChI=1S/C17H22N2O3/c1-11(20)19-14-7-3-2-5-12(14)9-15(19)17(22)18-10-13-6-4-8-16(13)21/h2-3,5,7,13,15-16,21H,4,6,8-10H2,1H3,(H,18,22)/t13?,15-,16?/m0/s1. The number of amides is 2. The highest BCUT2D eigenvalue weighted by Gasteiger charge is 2.37. The number of nitrogens with one attached hydrogen (secondary N) is 1. The summed E-state index contributed by atoms with van der Waals surface area (Å²) < 4.78 is 0. The summed E-state index contributed by atoms with van der Waals surface area (Å²) >= 11 is 0. The Labute approximate surface area is 130 Å². The third kappa shape index (κ3) is 2.73. The van der Waals surface area contributed by atoms with Crippen LogP contribution < -0.4 is 10.2 Å². The van der Waals surface area contributed by atoms with Gasteiger partial charge in [0.05, 0.1) is 6.10 Å². The fourth-order valence-corrected chi connectivity index (χ4v) is 3.59. The van der Waals surface area contributed by atoms with Crippen molar-refractivity contribution in [1.29, 1.82) is 0 Å². The topological polar surface area (TPSA) is 69.6 Å². The number of fused-ring (bicyclic) bond motifs is 1. The molecule has 1 heterocycles. The van der Waals surface area contributed by atoms with E-state index in [1.165, 1.54) is 6.92 Å². The predicted molar refractivity (Wildman–Crippen MR) is 83.5 cm³/mol. The van der Waals surface area contributed by atoms with E-state index < -0.39 is 6.04 Å². The highest BCUT2D eigenvalue weighted by Crippen LogP contribution is 2.32. The Balaban J connectivity index is 1.68. The maximum absolute atomic E-state index is 12.5. The SMILES string of the molecule is CC(=O)N1c2ccccc2C[C@H]1C(=O)NCC1CCCC1O. The van der Waals surface area contributed by atoms with Crippen LogP contribution in [0.5, 0.6) is 0 Å².